The van der Waals surface area contributed by atoms with Crippen LogP contribution >= 0.6 is 11.8 Å². The van der Waals surface area contributed by atoms with Crippen molar-refractivity contribution in [1.82, 2.24) is 14.3 Å². The Hall–Kier alpha value is -0.860. The monoisotopic (exact) mass is 302 g/mol. The Kier molecular flexibility index (Phi) is 4.32. The molecule has 8 heteroatoms. The topological polar surface area (TPSA) is 75.2 Å². The molecule has 0 spiro atoms. The Labute approximate surface area is 118 Å². The van der Waals surface area contributed by atoms with Crippen LogP contribution < -0.4 is 5.32 Å². The molecule has 0 radical (unpaired) electrons. The van der Waals surface area contributed by atoms with Crippen LogP contribution in [0.4, 0.5) is 5.95 Å². The third kappa shape index (κ3) is 3.18. The molecule has 1 aromatic heterocycles. The number of sulfonamides is 1. The summed E-state index contributed by atoms with van der Waals surface area (Å²) in [5.41, 5.74) is 0. The van der Waals surface area contributed by atoms with Gasteiger partial charge in [0.05, 0.1) is 12.4 Å². The van der Waals surface area contributed by atoms with E-state index >= 15 is 0 Å². The van der Waals surface area contributed by atoms with Gasteiger partial charge in [-0.25, -0.2) is 18.4 Å². The molecule has 2 unspecified atom stereocenters. The van der Waals surface area contributed by atoms with Gasteiger partial charge in [0.25, 0.3) is 0 Å². The Morgan fingerprint density at radius 3 is 2.26 bits per heavy atom. The van der Waals surface area contributed by atoms with Gasteiger partial charge in [-0.15, -0.1) is 0 Å². The van der Waals surface area contributed by atoms with E-state index in [1.165, 1.54) is 16.7 Å². The highest BCUT2D eigenvalue weighted by molar-refractivity contribution is 8.00. The summed E-state index contributed by atoms with van der Waals surface area (Å²) in [5, 5.41) is 3.37. The third-order valence-corrected chi connectivity index (χ3v) is 5.89. The van der Waals surface area contributed by atoms with Crippen LogP contribution in [0.2, 0.25) is 0 Å². The molecule has 6 nitrogen and oxygen atoms in total. The van der Waals surface area contributed by atoms with Crippen molar-refractivity contribution in [2.24, 2.45) is 0 Å². The molecule has 1 N–H and O–H groups in total. The molecule has 106 valence electrons. The molecule has 1 saturated heterocycles. The quantitative estimate of drug-likeness (QED) is 0.899. The number of rotatable bonds is 3. The lowest BCUT2D eigenvalue weighted by atomic mass is 10.4. The van der Waals surface area contributed by atoms with E-state index in [9.17, 15) is 8.42 Å². The van der Waals surface area contributed by atoms with Crippen LogP contribution in [0.1, 0.15) is 13.8 Å². The zero-order valence-electron chi connectivity index (χ0n) is 11.2. The highest BCUT2D eigenvalue weighted by Crippen LogP contribution is 2.28. The second kappa shape index (κ2) is 5.64. The first-order chi connectivity index (χ1) is 8.93. The number of nitrogens with zero attached hydrogens (tertiary/aromatic N) is 3. The first-order valence-corrected chi connectivity index (χ1v) is 8.47. The van der Waals surface area contributed by atoms with E-state index in [1.807, 2.05) is 25.6 Å². The first kappa shape index (κ1) is 14.5. The van der Waals surface area contributed by atoms with Gasteiger partial charge in [0.2, 0.25) is 16.0 Å². The first-order valence-electron chi connectivity index (χ1n) is 6.09. The molecule has 1 aromatic rings. The van der Waals surface area contributed by atoms with E-state index in [2.05, 4.69) is 15.3 Å². The predicted molar refractivity (Wildman–Crippen MR) is 76.9 cm³/mol. The molecule has 1 fully saturated rings. The van der Waals surface area contributed by atoms with Crippen LogP contribution in [0, 0.1) is 0 Å². The minimum atomic E-state index is -3.49. The number of nitrogens with one attached hydrogen (secondary N) is 1. The minimum absolute atomic E-state index is 0.151. The number of hydrogen-bond acceptors (Lipinski definition) is 6. The smallest absolute Gasteiger partial charge is 0.246 e. The summed E-state index contributed by atoms with van der Waals surface area (Å²) in [6.07, 6.45) is 2.70. The van der Waals surface area contributed by atoms with Gasteiger partial charge in [0, 0.05) is 30.6 Å². The lowest BCUT2D eigenvalue weighted by molar-refractivity contribution is 0.404. The summed E-state index contributed by atoms with van der Waals surface area (Å²) in [6.45, 7) is 5.16. The van der Waals surface area contributed by atoms with E-state index < -0.39 is 10.0 Å². The molecule has 1 aliphatic rings. The molecule has 2 atom stereocenters. The maximum atomic E-state index is 12.5. The van der Waals surface area contributed by atoms with E-state index in [1.54, 1.807) is 7.05 Å². The van der Waals surface area contributed by atoms with Crippen LogP contribution in [0.15, 0.2) is 17.3 Å². The van der Waals surface area contributed by atoms with Gasteiger partial charge >= 0.3 is 0 Å². The number of aromatic nitrogens is 2. The van der Waals surface area contributed by atoms with Crippen LogP contribution in [-0.4, -0.2) is 53.3 Å². The minimum Gasteiger partial charge on any atom is -0.357 e. The number of hydrogen-bond donors (Lipinski definition) is 1. The molecular weight excluding hydrogens is 284 g/mol. The summed E-state index contributed by atoms with van der Waals surface area (Å²) in [6, 6.07) is 0. The zero-order chi connectivity index (χ0) is 14.0. The molecule has 0 saturated carbocycles. The Bertz CT molecular complexity index is 522. The molecular formula is C11H18N4O2S2. The van der Waals surface area contributed by atoms with Gasteiger partial charge in [-0.1, -0.05) is 13.8 Å². The average Bonchev–Trinajstić information content (AvgIpc) is 2.37. The van der Waals surface area contributed by atoms with Crippen LogP contribution in [0.25, 0.3) is 0 Å². The predicted octanol–water partition coefficient (Wildman–Crippen LogP) is 1.03. The van der Waals surface area contributed by atoms with Crippen molar-refractivity contribution in [2.45, 2.75) is 29.2 Å². The van der Waals surface area contributed by atoms with Gasteiger partial charge < -0.3 is 5.32 Å². The number of anilines is 1. The van der Waals surface area contributed by atoms with Crippen LogP contribution in [0.5, 0.6) is 0 Å². The Morgan fingerprint density at radius 2 is 1.79 bits per heavy atom. The van der Waals surface area contributed by atoms with Crippen molar-refractivity contribution < 1.29 is 8.42 Å². The van der Waals surface area contributed by atoms with Gasteiger partial charge in [-0.05, 0) is 0 Å². The molecule has 0 aliphatic carbocycles. The van der Waals surface area contributed by atoms with Gasteiger partial charge in [0.15, 0.2) is 0 Å². The maximum absolute atomic E-state index is 12.5. The van der Waals surface area contributed by atoms with Crippen LogP contribution in [-0.2, 0) is 10.0 Å². The van der Waals surface area contributed by atoms with Crippen molar-refractivity contribution in [3.05, 3.63) is 12.4 Å². The fourth-order valence-electron chi connectivity index (χ4n) is 2.05. The lowest BCUT2D eigenvalue weighted by Crippen LogP contribution is -2.43. The van der Waals surface area contributed by atoms with Crippen molar-refractivity contribution in [3.8, 4) is 0 Å². The molecule has 2 rings (SSSR count). The molecule has 1 aliphatic heterocycles. The van der Waals surface area contributed by atoms with Crippen molar-refractivity contribution in [2.75, 3.05) is 25.5 Å². The third-order valence-electron chi connectivity index (χ3n) is 2.88. The van der Waals surface area contributed by atoms with Crippen molar-refractivity contribution >= 4 is 27.7 Å². The molecule has 0 amide bonds. The SMILES string of the molecule is CNc1ncc(S(=O)(=O)N2CC(C)SC(C)C2)cn1. The largest absolute Gasteiger partial charge is 0.357 e. The van der Waals surface area contributed by atoms with Crippen molar-refractivity contribution in [1.29, 1.82) is 0 Å². The van der Waals surface area contributed by atoms with E-state index in [0.717, 1.165) is 0 Å². The van der Waals surface area contributed by atoms with E-state index in [-0.39, 0.29) is 4.90 Å². The average molecular weight is 302 g/mol. The van der Waals surface area contributed by atoms with E-state index in [4.69, 9.17) is 0 Å². The highest BCUT2D eigenvalue weighted by atomic mass is 32.2. The van der Waals surface area contributed by atoms with E-state index in [0.29, 0.717) is 29.5 Å². The standard InChI is InChI=1S/C11H18N4O2S2/c1-8-6-15(7-9(2)18-8)19(16,17)10-4-13-11(12-3)14-5-10/h4-5,8-9H,6-7H2,1-3H3,(H,12,13,14). The Balaban J connectivity index is 2.25. The molecule has 19 heavy (non-hydrogen) atoms. The fraction of sp³-hybridized carbons (Fsp3) is 0.636. The zero-order valence-corrected chi connectivity index (χ0v) is 12.8. The molecule has 0 bridgehead atoms. The van der Waals surface area contributed by atoms with Gasteiger partial charge in [-0.3, -0.25) is 0 Å². The van der Waals surface area contributed by atoms with Crippen LogP contribution in [0.3, 0.4) is 0 Å². The summed E-state index contributed by atoms with van der Waals surface area (Å²) in [4.78, 5) is 8.08. The lowest BCUT2D eigenvalue weighted by Gasteiger charge is -2.33. The second-order valence-corrected chi connectivity index (χ2v) is 8.39. The van der Waals surface area contributed by atoms with Crippen molar-refractivity contribution in [3.63, 3.8) is 0 Å². The summed E-state index contributed by atoms with van der Waals surface area (Å²) in [7, 11) is -1.80. The summed E-state index contributed by atoms with van der Waals surface area (Å²) >= 11 is 1.81. The molecule has 0 aromatic carbocycles. The van der Waals surface area contributed by atoms with Gasteiger partial charge in [0.1, 0.15) is 4.90 Å². The normalized spacial score (nSPS) is 25.2. The fourth-order valence-corrected chi connectivity index (χ4v) is 5.08. The summed E-state index contributed by atoms with van der Waals surface area (Å²) in [5.74, 6) is 0.412. The maximum Gasteiger partial charge on any atom is 0.246 e. The second-order valence-electron chi connectivity index (χ2n) is 4.57. The number of thioether (sulfide) groups is 1. The molecule has 2 heterocycles. The highest BCUT2D eigenvalue weighted by Gasteiger charge is 2.32. The summed E-state index contributed by atoms with van der Waals surface area (Å²) < 4.78 is 26.5. The van der Waals surface area contributed by atoms with Gasteiger partial charge in [-0.2, -0.15) is 16.1 Å². The Morgan fingerprint density at radius 1 is 1.26 bits per heavy atom.